The molecule has 1 aliphatic heterocycles. The second-order valence-electron chi connectivity index (χ2n) is 3.86. The molecule has 88 valence electrons. The van der Waals surface area contributed by atoms with Crippen molar-refractivity contribution in [3.63, 3.8) is 0 Å². The third kappa shape index (κ3) is 2.28. The molecule has 3 unspecified atom stereocenters. The average Bonchev–Trinajstić information content (AvgIpc) is 2.71. The van der Waals surface area contributed by atoms with Crippen LogP contribution in [-0.4, -0.2) is 34.5 Å². The van der Waals surface area contributed by atoms with Crippen molar-refractivity contribution in [2.75, 3.05) is 0 Å². The van der Waals surface area contributed by atoms with E-state index in [4.69, 9.17) is 10.00 Å². The lowest BCUT2D eigenvalue weighted by molar-refractivity contribution is -0.0522. The summed E-state index contributed by atoms with van der Waals surface area (Å²) in [4.78, 5) is 4.11. The summed E-state index contributed by atoms with van der Waals surface area (Å²) in [5.74, 6) is 0.285. The minimum absolute atomic E-state index is 0.285. The summed E-state index contributed by atoms with van der Waals surface area (Å²) >= 11 is 0. The fourth-order valence-electron chi connectivity index (χ4n) is 1.59. The molecule has 3 atom stereocenters. The van der Waals surface area contributed by atoms with Gasteiger partial charge >= 0.3 is 0 Å². The number of nitriles is 1. The Bertz CT molecular complexity index is 474. The van der Waals surface area contributed by atoms with Gasteiger partial charge in [0.25, 0.3) is 0 Å². The number of ether oxygens (including phenoxy) is 1. The first-order valence-corrected chi connectivity index (χ1v) is 5.23. The van der Waals surface area contributed by atoms with E-state index in [0.29, 0.717) is 11.1 Å². The predicted octanol–water partition coefficient (Wildman–Crippen LogP) is 0.403. The normalized spacial score (nSPS) is 24.7. The number of nitrogens with zero attached hydrogens (tertiary/aromatic N) is 2. The van der Waals surface area contributed by atoms with Gasteiger partial charge in [-0.15, -0.1) is 0 Å². The highest BCUT2D eigenvalue weighted by Crippen LogP contribution is 2.19. The van der Waals surface area contributed by atoms with E-state index in [2.05, 4.69) is 4.99 Å². The number of hydrogen-bond donors (Lipinski definition) is 2. The van der Waals surface area contributed by atoms with Crippen LogP contribution < -0.4 is 0 Å². The van der Waals surface area contributed by atoms with Crippen molar-refractivity contribution in [3.8, 4) is 6.07 Å². The van der Waals surface area contributed by atoms with Crippen molar-refractivity contribution in [2.24, 2.45) is 4.99 Å². The molecular weight excluding hydrogens is 220 g/mol. The maximum atomic E-state index is 9.54. The van der Waals surface area contributed by atoms with Gasteiger partial charge < -0.3 is 14.9 Å². The molecule has 17 heavy (non-hydrogen) atoms. The fourth-order valence-corrected chi connectivity index (χ4v) is 1.59. The third-order valence-electron chi connectivity index (χ3n) is 2.55. The molecule has 0 radical (unpaired) electrons. The summed E-state index contributed by atoms with van der Waals surface area (Å²) in [7, 11) is 0. The van der Waals surface area contributed by atoms with Gasteiger partial charge in [0.1, 0.15) is 6.04 Å². The van der Waals surface area contributed by atoms with E-state index in [0.717, 1.165) is 0 Å². The molecule has 1 heterocycles. The van der Waals surface area contributed by atoms with Crippen molar-refractivity contribution in [1.29, 1.82) is 5.26 Å². The van der Waals surface area contributed by atoms with Gasteiger partial charge in [0, 0.05) is 5.56 Å². The predicted molar refractivity (Wildman–Crippen MR) is 60.3 cm³/mol. The molecule has 1 aromatic rings. The van der Waals surface area contributed by atoms with Crippen LogP contribution in [0.4, 0.5) is 0 Å². The summed E-state index contributed by atoms with van der Waals surface area (Å²) in [6.07, 6.45) is -1.90. The molecule has 1 aromatic carbocycles. The molecule has 0 bridgehead atoms. The van der Waals surface area contributed by atoms with Crippen LogP contribution >= 0.6 is 0 Å². The van der Waals surface area contributed by atoms with Gasteiger partial charge in [-0.25, -0.2) is 4.99 Å². The molecule has 5 nitrogen and oxygen atoms in total. The lowest BCUT2D eigenvalue weighted by Gasteiger charge is -2.13. The zero-order chi connectivity index (χ0) is 12.4. The number of hydrogen-bond acceptors (Lipinski definition) is 5. The fraction of sp³-hybridized carbons (Fsp3) is 0.333. The summed E-state index contributed by atoms with van der Waals surface area (Å²) < 4.78 is 5.16. The van der Waals surface area contributed by atoms with E-state index in [1.807, 2.05) is 6.07 Å². The van der Waals surface area contributed by atoms with Crippen molar-refractivity contribution >= 4 is 5.90 Å². The monoisotopic (exact) mass is 232 g/mol. The summed E-state index contributed by atoms with van der Waals surface area (Å²) in [6, 6.07) is 8.01. The van der Waals surface area contributed by atoms with E-state index in [1.165, 1.54) is 0 Å². The van der Waals surface area contributed by atoms with Gasteiger partial charge in [-0.05, 0) is 31.2 Å². The maximum absolute atomic E-state index is 9.54. The quantitative estimate of drug-likeness (QED) is 0.773. The van der Waals surface area contributed by atoms with Crippen LogP contribution in [0.2, 0.25) is 0 Å². The number of aliphatic imine (C=N–C) groups is 1. The Morgan fingerprint density at radius 2 is 2.06 bits per heavy atom. The molecule has 0 fully saturated rings. The molecule has 0 aromatic heterocycles. The van der Waals surface area contributed by atoms with Gasteiger partial charge in [0.15, 0.2) is 0 Å². The minimum Gasteiger partial charge on any atom is -0.445 e. The third-order valence-corrected chi connectivity index (χ3v) is 2.55. The summed E-state index contributed by atoms with van der Waals surface area (Å²) in [5.41, 5.74) is 1.21. The Morgan fingerprint density at radius 1 is 1.41 bits per heavy atom. The van der Waals surface area contributed by atoms with E-state index < -0.39 is 18.4 Å². The van der Waals surface area contributed by atoms with Gasteiger partial charge in [0.05, 0.1) is 17.7 Å². The van der Waals surface area contributed by atoms with Crippen molar-refractivity contribution in [2.45, 2.75) is 25.4 Å². The van der Waals surface area contributed by atoms with Crippen LogP contribution in [0, 0.1) is 11.3 Å². The number of aliphatic hydroxyl groups is 2. The zero-order valence-electron chi connectivity index (χ0n) is 9.24. The molecule has 5 heteroatoms. The molecule has 0 saturated heterocycles. The van der Waals surface area contributed by atoms with E-state index in [9.17, 15) is 10.2 Å². The van der Waals surface area contributed by atoms with Crippen LogP contribution in [0.25, 0.3) is 0 Å². The van der Waals surface area contributed by atoms with Crippen LogP contribution in [-0.2, 0) is 4.74 Å². The highest BCUT2D eigenvalue weighted by atomic mass is 16.6. The Balaban J connectivity index is 2.24. The van der Waals surface area contributed by atoms with E-state index in [-0.39, 0.29) is 5.90 Å². The lowest BCUT2D eigenvalue weighted by Crippen LogP contribution is -2.31. The van der Waals surface area contributed by atoms with E-state index >= 15 is 0 Å². The van der Waals surface area contributed by atoms with Crippen LogP contribution in [0.1, 0.15) is 18.1 Å². The van der Waals surface area contributed by atoms with Gasteiger partial charge in [0.2, 0.25) is 12.2 Å². The molecule has 2 rings (SSSR count). The summed E-state index contributed by atoms with van der Waals surface area (Å²) in [6.45, 7) is 1.54. The Hall–Kier alpha value is -1.90. The van der Waals surface area contributed by atoms with Gasteiger partial charge in [-0.3, -0.25) is 0 Å². The molecule has 0 saturated carbocycles. The zero-order valence-corrected chi connectivity index (χ0v) is 9.24. The minimum atomic E-state index is -1.12. The van der Waals surface area contributed by atoms with Gasteiger partial charge in [-0.2, -0.15) is 5.26 Å². The highest BCUT2D eigenvalue weighted by molar-refractivity contribution is 5.95. The number of aliphatic hydroxyl groups excluding tert-OH is 2. The molecule has 0 aliphatic carbocycles. The molecule has 0 spiro atoms. The average molecular weight is 232 g/mol. The Kier molecular flexibility index (Phi) is 3.09. The van der Waals surface area contributed by atoms with Crippen molar-refractivity contribution in [3.05, 3.63) is 35.4 Å². The smallest absolute Gasteiger partial charge is 0.224 e. The topological polar surface area (TPSA) is 85.8 Å². The highest BCUT2D eigenvalue weighted by Gasteiger charge is 2.33. The van der Waals surface area contributed by atoms with Crippen LogP contribution in [0.3, 0.4) is 0 Å². The van der Waals surface area contributed by atoms with E-state index in [1.54, 1.807) is 31.2 Å². The van der Waals surface area contributed by atoms with Crippen molar-refractivity contribution < 1.29 is 14.9 Å². The Morgan fingerprint density at radius 3 is 2.53 bits per heavy atom. The standard InChI is InChI=1S/C12H12N2O3/c1-7(15)10-12(16)17-11(14-10)9-4-2-8(6-13)3-5-9/h2-5,7,10,12,15-16H,1H3. The van der Waals surface area contributed by atoms with Crippen LogP contribution in [0.5, 0.6) is 0 Å². The second-order valence-corrected chi connectivity index (χ2v) is 3.86. The number of rotatable bonds is 2. The molecule has 1 aliphatic rings. The van der Waals surface area contributed by atoms with Crippen LogP contribution in [0.15, 0.2) is 29.3 Å². The molecule has 0 amide bonds. The largest absolute Gasteiger partial charge is 0.445 e. The first kappa shape index (κ1) is 11.6. The Labute approximate surface area is 98.6 Å². The van der Waals surface area contributed by atoms with Gasteiger partial charge in [-0.1, -0.05) is 0 Å². The second kappa shape index (κ2) is 4.53. The van der Waals surface area contributed by atoms with Crippen molar-refractivity contribution in [1.82, 2.24) is 0 Å². The SMILES string of the molecule is CC(O)C1N=C(c2ccc(C#N)cc2)OC1O. The lowest BCUT2D eigenvalue weighted by atomic mass is 10.1. The maximum Gasteiger partial charge on any atom is 0.224 e. The molecule has 2 N–H and O–H groups in total. The summed E-state index contributed by atoms with van der Waals surface area (Å²) in [5, 5.41) is 27.6. The number of benzene rings is 1. The first-order chi connectivity index (χ1) is 8.11. The molecular formula is C12H12N2O3. The first-order valence-electron chi connectivity index (χ1n) is 5.23.